The van der Waals surface area contributed by atoms with E-state index in [9.17, 15) is 22.4 Å². The number of hydrogen-bond donors (Lipinski definition) is 2. The molecule has 0 fully saturated rings. The van der Waals surface area contributed by atoms with Crippen LogP contribution >= 0.6 is 0 Å². The highest BCUT2D eigenvalue weighted by molar-refractivity contribution is 7.89. The Morgan fingerprint density at radius 2 is 1.86 bits per heavy atom. The van der Waals surface area contributed by atoms with Gasteiger partial charge >= 0.3 is 0 Å². The number of carbonyl (C=O) groups excluding carboxylic acids is 2. The lowest BCUT2D eigenvalue weighted by Gasteiger charge is -2.26. The average molecular weight is 423 g/mol. The lowest BCUT2D eigenvalue weighted by atomic mass is 10.0. The minimum atomic E-state index is -3.74. The normalized spacial score (nSPS) is 12.4. The predicted molar refractivity (Wildman–Crippen MR) is 104 cm³/mol. The van der Waals surface area contributed by atoms with Gasteiger partial charge < -0.3 is 15.4 Å². The Hall–Kier alpha value is -2.82. The molecule has 0 aromatic heterocycles. The van der Waals surface area contributed by atoms with Crippen LogP contribution in [0.3, 0.4) is 0 Å². The Morgan fingerprint density at radius 1 is 1.21 bits per heavy atom. The molecule has 0 saturated carbocycles. The van der Waals surface area contributed by atoms with E-state index in [1.54, 1.807) is 0 Å². The molecule has 29 heavy (non-hydrogen) atoms. The average Bonchev–Trinajstić information content (AvgIpc) is 2.67. The summed E-state index contributed by atoms with van der Waals surface area (Å²) in [7, 11) is -0.930. The number of benzene rings is 2. The highest BCUT2D eigenvalue weighted by Gasteiger charge is 2.28. The number of nitrogens with zero attached hydrogens (tertiary/aromatic N) is 1. The summed E-state index contributed by atoms with van der Waals surface area (Å²) < 4.78 is 45.0. The van der Waals surface area contributed by atoms with Crippen LogP contribution in [0, 0.1) is 5.82 Å². The van der Waals surface area contributed by atoms with Crippen molar-refractivity contribution in [2.45, 2.75) is 10.9 Å². The number of hydrogen-bond acceptors (Lipinski definition) is 5. The first kappa shape index (κ1) is 22.5. The Balaban J connectivity index is 2.23. The van der Waals surface area contributed by atoms with Crippen molar-refractivity contribution < 1.29 is 27.1 Å². The first-order valence-electron chi connectivity index (χ1n) is 8.58. The van der Waals surface area contributed by atoms with Crippen LogP contribution in [-0.4, -0.2) is 52.4 Å². The summed E-state index contributed by atoms with van der Waals surface area (Å²) in [5.41, 5.74) is 5.80. The Kier molecular flexibility index (Phi) is 7.43. The number of likely N-dealkylation sites (N-methyl/N-ethyl adjacent to an activating group) is 1. The molecule has 0 heterocycles. The second-order valence-corrected chi connectivity index (χ2v) is 7.96. The maximum absolute atomic E-state index is 13.5. The van der Waals surface area contributed by atoms with Crippen molar-refractivity contribution in [3.63, 3.8) is 0 Å². The standard InChI is InChI=1S/C19H22FN3O5S/c1-23(17(18(21)24)14-4-3-5-15(20)12-14)19(25)13-6-8-16(9-7-13)29(26,27)22-10-11-28-2/h3-9,12,17,22H,10-11H2,1-2H3,(H2,21,24). The van der Waals surface area contributed by atoms with Crippen LogP contribution in [0.15, 0.2) is 53.4 Å². The first-order valence-corrected chi connectivity index (χ1v) is 10.1. The van der Waals surface area contributed by atoms with Gasteiger partial charge in [-0.1, -0.05) is 12.1 Å². The van der Waals surface area contributed by atoms with E-state index < -0.39 is 33.7 Å². The molecule has 2 aromatic rings. The highest BCUT2D eigenvalue weighted by Crippen LogP contribution is 2.22. The molecule has 156 valence electrons. The quantitative estimate of drug-likeness (QED) is 0.585. The lowest BCUT2D eigenvalue weighted by molar-refractivity contribution is -0.122. The molecule has 2 aromatic carbocycles. The van der Waals surface area contributed by atoms with Crippen molar-refractivity contribution in [1.82, 2.24) is 9.62 Å². The zero-order chi connectivity index (χ0) is 21.6. The van der Waals surface area contributed by atoms with E-state index in [0.717, 1.165) is 11.0 Å². The molecule has 0 aliphatic rings. The Labute approximate surface area is 168 Å². The Morgan fingerprint density at radius 3 is 2.41 bits per heavy atom. The number of rotatable bonds is 9. The number of amides is 2. The molecule has 8 nitrogen and oxygen atoms in total. The van der Waals surface area contributed by atoms with E-state index in [-0.39, 0.29) is 29.2 Å². The van der Waals surface area contributed by atoms with E-state index in [2.05, 4.69) is 4.72 Å². The number of halogens is 1. The number of methoxy groups -OCH3 is 1. The van der Waals surface area contributed by atoms with Crippen LogP contribution in [-0.2, 0) is 19.6 Å². The SMILES string of the molecule is COCCNS(=O)(=O)c1ccc(C(=O)N(C)C(C(N)=O)c2cccc(F)c2)cc1. The molecular formula is C19H22FN3O5S. The fourth-order valence-corrected chi connectivity index (χ4v) is 3.73. The molecule has 1 atom stereocenters. The fourth-order valence-electron chi connectivity index (χ4n) is 2.71. The maximum Gasteiger partial charge on any atom is 0.254 e. The Bertz CT molecular complexity index is 980. The predicted octanol–water partition coefficient (Wildman–Crippen LogP) is 1.05. The van der Waals surface area contributed by atoms with Gasteiger partial charge in [-0.2, -0.15) is 0 Å². The van der Waals surface area contributed by atoms with Crippen LogP contribution in [0.1, 0.15) is 22.0 Å². The summed E-state index contributed by atoms with van der Waals surface area (Å²) in [6, 6.07) is 9.26. The zero-order valence-electron chi connectivity index (χ0n) is 16.0. The molecule has 10 heteroatoms. The molecule has 0 aliphatic carbocycles. The highest BCUT2D eigenvalue weighted by atomic mass is 32.2. The van der Waals surface area contributed by atoms with Gasteiger partial charge in [0.2, 0.25) is 15.9 Å². The third-order valence-corrected chi connectivity index (χ3v) is 5.63. The van der Waals surface area contributed by atoms with Gasteiger partial charge in [-0.25, -0.2) is 17.5 Å². The smallest absolute Gasteiger partial charge is 0.254 e. The number of primary amides is 1. The van der Waals surface area contributed by atoms with Gasteiger partial charge in [0.05, 0.1) is 11.5 Å². The van der Waals surface area contributed by atoms with Crippen molar-refractivity contribution in [2.75, 3.05) is 27.3 Å². The van der Waals surface area contributed by atoms with Crippen molar-refractivity contribution in [3.8, 4) is 0 Å². The summed E-state index contributed by atoms with van der Waals surface area (Å²) in [6.07, 6.45) is 0. The van der Waals surface area contributed by atoms with Crippen molar-refractivity contribution in [2.24, 2.45) is 5.73 Å². The largest absolute Gasteiger partial charge is 0.383 e. The molecule has 2 amide bonds. The minimum absolute atomic E-state index is 0.0237. The van der Waals surface area contributed by atoms with Crippen molar-refractivity contribution in [3.05, 3.63) is 65.5 Å². The third kappa shape index (κ3) is 5.59. The molecule has 0 saturated heterocycles. The summed E-state index contributed by atoms with van der Waals surface area (Å²) in [5.74, 6) is -1.97. The van der Waals surface area contributed by atoms with Crippen LogP contribution in [0.4, 0.5) is 4.39 Å². The van der Waals surface area contributed by atoms with Gasteiger partial charge in [0, 0.05) is 26.3 Å². The van der Waals surface area contributed by atoms with Crippen LogP contribution in [0.2, 0.25) is 0 Å². The fraction of sp³-hybridized carbons (Fsp3) is 0.263. The van der Waals surface area contributed by atoms with Gasteiger partial charge in [0.25, 0.3) is 5.91 Å². The molecule has 1 unspecified atom stereocenters. The monoisotopic (exact) mass is 423 g/mol. The van der Waals surface area contributed by atoms with Crippen LogP contribution in [0.5, 0.6) is 0 Å². The van der Waals surface area contributed by atoms with Crippen LogP contribution in [0.25, 0.3) is 0 Å². The van der Waals surface area contributed by atoms with Gasteiger partial charge in [-0.05, 0) is 42.0 Å². The second-order valence-electron chi connectivity index (χ2n) is 6.19. The second kappa shape index (κ2) is 9.59. The molecule has 0 aliphatic heterocycles. The summed E-state index contributed by atoms with van der Waals surface area (Å²) in [4.78, 5) is 25.7. The summed E-state index contributed by atoms with van der Waals surface area (Å²) in [5, 5.41) is 0. The summed E-state index contributed by atoms with van der Waals surface area (Å²) in [6.45, 7) is 0.325. The van der Waals surface area contributed by atoms with Gasteiger partial charge in [-0.3, -0.25) is 9.59 Å². The molecule has 2 rings (SSSR count). The van der Waals surface area contributed by atoms with E-state index in [1.165, 1.54) is 56.6 Å². The van der Waals surface area contributed by atoms with Crippen LogP contribution < -0.4 is 10.5 Å². The van der Waals surface area contributed by atoms with Gasteiger partial charge in [0.15, 0.2) is 0 Å². The number of ether oxygens (including phenoxy) is 1. The van der Waals surface area contributed by atoms with E-state index >= 15 is 0 Å². The first-order chi connectivity index (χ1) is 13.7. The van der Waals surface area contributed by atoms with Gasteiger partial charge in [-0.15, -0.1) is 0 Å². The van der Waals surface area contributed by atoms with Crippen molar-refractivity contribution in [1.29, 1.82) is 0 Å². The van der Waals surface area contributed by atoms with Gasteiger partial charge in [0.1, 0.15) is 11.9 Å². The minimum Gasteiger partial charge on any atom is -0.383 e. The number of nitrogens with two attached hydrogens (primary N) is 1. The topological polar surface area (TPSA) is 119 Å². The molecular weight excluding hydrogens is 401 g/mol. The van der Waals surface area contributed by atoms with E-state index in [1.807, 2.05) is 0 Å². The number of sulfonamides is 1. The molecule has 0 bridgehead atoms. The number of carbonyl (C=O) groups is 2. The lowest BCUT2D eigenvalue weighted by Crippen LogP contribution is -2.39. The third-order valence-electron chi connectivity index (χ3n) is 4.15. The van der Waals surface area contributed by atoms with E-state index in [4.69, 9.17) is 10.5 Å². The maximum atomic E-state index is 13.5. The van der Waals surface area contributed by atoms with E-state index in [0.29, 0.717) is 0 Å². The number of nitrogens with one attached hydrogen (secondary N) is 1. The molecule has 0 spiro atoms. The van der Waals surface area contributed by atoms with Crippen molar-refractivity contribution >= 4 is 21.8 Å². The summed E-state index contributed by atoms with van der Waals surface area (Å²) >= 11 is 0. The zero-order valence-corrected chi connectivity index (χ0v) is 16.8. The molecule has 0 radical (unpaired) electrons. The molecule has 3 N–H and O–H groups in total.